The number of carbonyl (C=O) groups excluding carboxylic acids is 3. The van der Waals surface area contributed by atoms with Crippen LogP contribution in [0.3, 0.4) is 0 Å². The molecule has 3 fully saturated rings. The van der Waals surface area contributed by atoms with Crippen molar-refractivity contribution in [2.24, 2.45) is 11.8 Å². The van der Waals surface area contributed by atoms with Crippen LogP contribution in [0.25, 0.3) is 0 Å². The van der Waals surface area contributed by atoms with Crippen molar-refractivity contribution >= 4 is 23.4 Å². The summed E-state index contributed by atoms with van der Waals surface area (Å²) in [7, 11) is 1.61. The second-order valence-corrected chi connectivity index (χ2v) is 12.1. The highest BCUT2D eigenvalue weighted by atomic mass is 16.5. The lowest BCUT2D eigenvalue weighted by atomic mass is 9.74. The predicted molar refractivity (Wildman–Crippen MR) is 155 cm³/mol. The molecule has 3 amide bonds. The third-order valence-corrected chi connectivity index (χ3v) is 9.23. The van der Waals surface area contributed by atoms with Gasteiger partial charge >= 0.3 is 0 Å². The molecule has 2 aromatic rings. The first-order valence-corrected chi connectivity index (χ1v) is 14.8. The van der Waals surface area contributed by atoms with E-state index in [1.807, 2.05) is 60.7 Å². The zero-order chi connectivity index (χ0) is 28.7. The van der Waals surface area contributed by atoms with E-state index in [4.69, 9.17) is 9.47 Å². The van der Waals surface area contributed by atoms with Crippen molar-refractivity contribution in [3.05, 3.63) is 71.8 Å². The Balaban J connectivity index is 1.29. The van der Waals surface area contributed by atoms with E-state index in [0.717, 1.165) is 31.2 Å². The average molecular weight is 558 g/mol. The van der Waals surface area contributed by atoms with E-state index in [0.29, 0.717) is 17.4 Å². The number of rotatable bonds is 8. The van der Waals surface area contributed by atoms with Crippen molar-refractivity contribution in [1.29, 1.82) is 0 Å². The summed E-state index contributed by atoms with van der Waals surface area (Å²) in [6, 6.07) is 14.5. The molecule has 4 aliphatic rings. The van der Waals surface area contributed by atoms with E-state index in [9.17, 15) is 14.4 Å². The van der Waals surface area contributed by atoms with E-state index in [1.165, 1.54) is 12.0 Å². The first-order chi connectivity index (χ1) is 19.8. The number of nitrogens with zero attached hydrogens (tertiary/aromatic N) is 1. The fourth-order valence-corrected chi connectivity index (χ4v) is 7.07. The highest BCUT2D eigenvalue weighted by Crippen LogP contribution is 2.55. The van der Waals surface area contributed by atoms with Gasteiger partial charge in [-0.25, -0.2) is 0 Å². The summed E-state index contributed by atoms with van der Waals surface area (Å²) in [5, 5.41) is 6.25. The molecule has 0 radical (unpaired) electrons. The molecule has 3 heterocycles. The van der Waals surface area contributed by atoms with Crippen LogP contribution in [-0.2, 0) is 25.7 Å². The molecule has 2 aromatic carbocycles. The van der Waals surface area contributed by atoms with Gasteiger partial charge in [0.05, 0.1) is 25.0 Å². The van der Waals surface area contributed by atoms with Crippen molar-refractivity contribution in [3.63, 3.8) is 0 Å². The van der Waals surface area contributed by atoms with Crippen molar-refractivity contribution in [1.82, 2.24) is 10.2 Å². The standard InChI is InChI=1S/C33H39N3O5/c1-20(2)22-11-13-24(14-12-22)34-30(37)27-26-17-18-33(41-26)28(27)32(39)36(19-21-9-15-25(40-3)16-10-21)29(33)31(38)35-23-7-5-4-6-8-23/h9-18,20,23,26-29H,4-8,19H2,1-3H3,(H,34,37)(H,35,38)/t26-,27-,28-,29-,33-/m0/s1. The van der Waals surface area contributed by atoms with Gasteiger partial charge in [-0.3, -0.25) is 14.4 Å². The van der Waals surface area contributed by atoms with E-state index in [-0.39, 0.29) is 30.3 Å². The Morgan fingerprint density at radius 1 is 1.02 bits per heavy atom. The van der Waals surface area contributed by atoms with Crippen LogP contribution in [0.5, 0.6) is 5.75 Å². The van der Waals surface area contributed by atoms with Gasteiger partial charge in [0, 0.05) is 18.3 Å². The Labute approximate surface area is 241 Å². The van der Waals surface area contributed by atoms with E-state index in [2.05, 4.69) is 24.5 Å². The van der Waals surface area contributed by atoms with Gasteiger partial charge in [0.2, 0.25) is 17.7 Å². The Morgan fingerprint density at radius 3 is 2.39 bits per heavy atom. The normalized spacial score (nSPS) is 28.7. The molecular weight excluding hydrogens is 518 g/mol. The van der Waals surface area contributed by atoms with Crippen molar-refractivity contribution < 1.29 is 23.9 Å². The summed E-state index contributed by atoms with van der Waals surface area (Å²) in [6.07, 6.45) is 8.35. The van der Waals surface area contributed by atoms with Crippen LogP contribution in [-0.4, -0.2) is 53.5 Å². The third-order valence-electron chi connectivity index (χ3n) is 9.23. The summed E-state index contributed by atoms with van der Waals surface area (Å²) in [5.74, 6) is -1.13. The molecule has 8 heteroatoms. The number of carbonyl (C=O) groups is 3. The first kappa shape index (κ1) is 27.5. The van der Waals surface area contributed by atoms with Crippen molar-refractivity contribution in [2.45, 2.75) is 82.2 Å². The van der Waals surface area contributed by atoms with Gasteiger partial charge in [0.15, 0.2) is 0 Å². The number of amides is 3. The maximum absolute atomic E-state index is 14.2. The minimum atomic E-state index is -1.18. The van der Waals surface area contributed by atoms with Crippen LogP contribution in [0.1, 0.15) is 63.0 Å². The lowest BCUT2D eigenvalue weighted by molar-refractivity contribution is -0.142. The number of nitrogens with one attached hydrogen (secondary N) is 2. The number of hydrogen-bond donors (Lipinski definition) is 2. The van der Waals surface area contributed by atoms with Gasteiger partial charge in [-0.15, -0.1) is 0 Å². The van der Waals surface area contributed by atoms with Gasteiger partial charge < -0.3 is 25.0 Å². The topological polar surface area (TPSA) is 97.0 Å². The molecule has 0 unspecified atom stereocenters. The molecule has 2 saturated heterocycles. The summed E-state index contributed by atoms with van der Waals surface area (Å²) >= 11 is 0. The second kappa shape index (κ2) is 11.0. The smallest absolute Gasteiger partial charge is 0.246 e. The van der Waals surface area contributed by atoms with Gasteiger partial charge in [-0.05, 0) is 54.2 Å². The van der Waals surface area contributed by atoms with Crippen LogP contribution in [0.4, 0.5) is 5.69 Å². The Kier molecular flexibility index (Phi) is 7.36. The third kappa shape index (κ3) is 4.92. The first-order valence-electron chi connectivity index (χ1n) is 14.8. The Morgan fingerprint density at radius 2 is 1.73 bits per heavy atom. The number of benzene rings is 2. The van der Waals surface area contributed by atoms with E-state index in [1.54, 1.807) is 12.0 Å². The van der Waals surface area contributed by atoms with Gasteiger partial charge in [0.1, 0.15) is 17.4 Å². The molecule has 41 heavy (non-hydrogen) atoms. The zero-order valence-electron chi connectivity index (χ0n) is 24.0. The fraction of sp³-hybridized carbons (Fsp3) is 0.485. The molecule has 1 spiro atoms. The summed E-state index contributed by atoms with van der Waals surface area (Å²) in [5.41, 5.74) is 1.54. The predicted octanol–water partition coefficient (Wildman–Crippen LogP) is 4.56. The Hall–Kier alpha value is -3.65. The van der Waals surface area contributed by atoms with Crippen LogP contribution >= 0.6 is 0 Å². The van der Waals surface area contributed by atoms with Crippen molar-refractivity contribution in [2.75, 3.05) is 12.4 Å². The number of likely N-dealkylation sites (tertiary alicyclic amines) is 1. The largest absolute Gasteiger partial charge is 0.497 e. The molecule has 216 valence electrons. The summed E-state index contributed by atoms with van der Waals surface area (Å²) in [6.45, 7) is 4.48. The summed E-state index contributed by atoms with van der Waals surface area (Å²) < 4.78 is 11.8. The molecule has 3 aliphatic heterocycles. The van der Waals surface area contributed by atoms with Crippen LogP contribution in [0.15, 0.2) is 60.7 Å². The maximum atomic E-state index is 14.2. The molecular formula is C33H39N3O5. The highest BCUT2D eigenvalue weighted by Gasteiger charge is 2.72. The van der Waals surface area contributed by atoms with Gasteiger partial charge in [0.25, 0.3) is 0 Å². The molecule has 1 saturated carbocycles. The van der Waals surface area contributed by atoms with Gasteiger partial charge in [-0.2, -0.15) is 0 Å². The molecule has 6 rings (SSSR count). The quantitative estimate of drug-likeness (QED) is 0.464. The molecule has 2 bridgehead atoms. The molecule has 8 nitrogen and oxygen atoms in total. The van der Waals surface area contributed by atoms with Crippen LogP contribution in [0.2, 0.25) is 0 Å². The van der Waals surface area contributed by atoms with Crippen molar-refractivity contribution in [3.8, 4) is 5.75 Å². The molecule has 2 N–H and O–H groups in total. The second-order valence-electron chi connectivity index (χ2n) is 12.1. The van der Waals surface area contributed by atoms with Gasteiger partial charge in [-0.1, -0.05) is 69.5 Å². The lowest BCUT2D eigenvalue weighted by Crippen LogP contribution is -2.56. The fourth-order valence-electron chi connectivity index (χ4n) is 7.07. The Bertz CT molecular complexity index is 1330. The molecule has 5 atom stereocenters. The lowest BCUT2D eigenvalue weighted by Gasteiger charge is -2.34. The monoisotopic (exact) mass is 557 g/mol. The summed E-state index contributed by atoms with van der Waals surface area (Å²) in [4.78, 5) is 43.6. The maximum Gasteiger partial charge on any atom is 0.246 e. The highest BCUT2D eigenvalue weighted by molar-refractivity contribution is 6.02. The number of methoxy groups -OCH3 is 1. The van der Waals surface area contributed by atoms with E-state index < -0.39 is 29.6 Å². The number of fused-ring (bicyclic) bond motifs is 1. The number of hydrogen-bond acceptors (Lipinski definition) is 5. The molecule has 0 aromatic heterocycles. The number of ether oxygens (including phenoxy) is 2. The molecule has 1 aliphatic carbocycles. The minimum absolute atomic E-state index is 0.0835. The number of anilines is 1. The zero-order valence-corrected chi connectivity index (χ0v) is 24.0. The average Bonchev–Trinajstić information content (AvgIpc) is 3.62. The van der Waals surface area contributed by atoms with Crippen LogP contribution in [0, 0.1) is 11.8 Å². The minimum Gasteiger partial charge on any atom is -0.497 e. The van der Waals surface area contributed by atoms with Crippen LogP contribution < -0.4 is 15.4 Å². The SMILES string of the molecule is COc1ccc(CN2C(=O)[C@@H]3[C@@H](C(=O)Nc4ccc(C(C)C)cc4)[C@@H]4C=C[C@@]3(O4)[C@@H]2C(=O)NC2CCCCC2)cc1. The van der Waals surface area contributed by atoms with E-state index >= 15 is 0 Å².